The summed E-state index contributed by atoms with van der Waals surface area (Å²) in [5.41, 5.74) is 2.10. The number of rotatable bonds is 5. The highest BCUT2D eigenvalue weighted by molar-refractivity contribution is 9.11. The molecule has 0 nitrogen and oxygen atoms in total. The van der Waals surface area contributed by atoms with E-state index in [2.05, 4.69) is 31.9 Å². The summed E-state index contributed by atoms with van der Waals surface area (Å²) in [5.74, 6) is 0. The molecule has 92 valence electrons. The molecule has 16 heavy (non-hydrogen) atoms. The summed E-state index contributed by atoms with van der Waals surface area (Å²) in [7, 11) is 0. The zero-order valence-corrected chi connectivity index (χ0v) is 14.5. The third-order valence-corrected chi connectivity index (χ3v) is 4.13. The average Bonchev–Trinajstić information content (AvgIpc) is 2.17. The van der Waals surface area contributed by atoms with Crippen LogP contribution >= 0.6 is 78.3 Å². The smallest absolute Gasteiger partial charge is 0.114 e. The summed E-state index contributed by atoms with van der Waals surface area (Å²) in [6.45, 7) is 1.81. The van der Waals surface area contributed by atoms with Crippen LogP contribution in [0.2, 0.25) is 0 Å². The van der Waals surface area contributed by atoms with Gasteiger partial charge in [0.25, 0.3) is 0 Å². The van der Waals surface area contributed by atoms with E-state index in [1.54, 1.807) is 23.2 Å². The summed E-state index contributed by atoms with van der Waals surface area (Å²) < 4.78 is -0.349. The predicted octanol–water partition coefficient (Wildman–Crippen LogP) is 6.14. The van der Waals surface area contributed by atoms with Gasteiger partial charge in [0.2, 0.25) is 0 Å². The first-order valence-electron chi connectivity index (χ1n) is 4.22. The fourth-order valence-electron chi connectivity index (χ4n) is 0.756. The maximum absolute atomic E-state index is 6.20. The minimum Gasteiger partial charge on any atom is -0.116 e. The second-order valence-electron chi connectivity index (χ2n) is 3.11. The number of hydrogen-bond acceptors (Lipinski definition) is 0. The Morgan fingerprint density at radius 3 is 2.31 bits per heavy atom. The van der Waals surface area contributed by atoms with Crippen LogP contribution in [0.1, 0.15) is 6.92 Å². The molecule has 0 aromatic rings. The SMILES string of the molecule is C[C@@](Cl)(/C=C/Br)[C@H](Cl)/C=C/C(=C/Cl)C(Cl)Br. The van der Waals surface area contributed by atoms with Crippen molar-refractivity contribution in [1.82, 2.24) is 0 Å². The molecule has 0 amide bonds. The van der Waals surface area contributed by atoms with Gasteiger partial charge >= 0.3 is 0 Å². The number of halogens is 6. The van der Waals surface area contributed by atoms with Crippen LogP contribution in [-0.4, -0.2) is 14.5 Å². The van der Waals surface area contributed by atoms with Crippen molar-refractivity contribution < 1.29 is 0 Å². The molecule has 6 heteroatoms. The monoisotopic (exact) mass is 428 g/mol. The van der Waals surface area contributed by atoms with E-state index in [-0.39, 0.29) is 9.66 Å². The molecule has 3 atom stereocenters. The zero-order chi connectivity index (χ0) is 12.8. The van der Waals surface area contributed by atoms with Crippen LogP contribution in [0.4, 0.5) is 0 Å². The number of hydrogen-bond donors (Lipinski definition) is 0. The van der Waals surface area contributed by atoms with Crippen LogP contribution in [-0.2, 0) is 0 Å². The topological polar surface area (TPSA) is 0 Å². The van der Waals surface area contributed by atoms with Gasteiger partial charge in [-0.3, -0.25) is 0 Å². The second kappa shape index (κ2) is 8.44. The Bertz CT molecular complexity index is 295. The maximum Gasteiger partial charge on any atom is 0.114 e. The van der Waals surface area contributed by atoms with Gasteiger partial charge in [0.15, 0.2) is 0 Å². The Labute approximate surface area is 133 Å². The van der Waals surface area contributed by atoms with Gasteiger partial charge in [-0.05, 0) is 17.5 Å². The van der Waals surface area contributed by atoms with Crippen molar-refractivity contribution in [2.75, 3.05) is 0 Å². The molecule has 0 aromatic heterocycles. The van der Waals surface area contributed by atoms with Crippen LogP contribution in [0.5, 0.6) is 0 Å². The van der Waals surface area contributed by atoms with Crippen molar-refractivity contribution in [2.24, 2.45) is 0 Å². The normalized spacial score (nSPS) is 21.3. The van der Waals surface area contributed by atoms with Gasteiger partial charge < -0.3 is 0 Å². The minimum atomic E-state index is -0.674. The minimum absolute atomic E-state index is 0.349. The van der Waals surface area contributed by atoms with E-state index in [0.29, 0.717) is 5.57 Å². The molecule has 0 saturated heterocycles. The molecule has 0 spiro atoms. The van der Waals surface area contributed by atoms with Crippen molar-refractivity contribution in [3.05, 3.63) is 34.3 Å². The van der Waals surface area contributed by atoms with Gasteiger partial charge in [-0.15, -0.1) is 34.8 Å². The molecule has 0 aliphatic heterocycles. The van der Waals surface area contributed by atoms with Crippen molar-refractivity contribution >= 4 is 78.3 Å². The Morgan fingerprint density at radius 1 is 1.38 bits per heavy atom. The van der Waals surface area contributed by atoms with E-state index in [1.165, 1.54) is 5.54 Å². The van der Waals surface area contributed by atoms with Crippen molar-refractivity contribution in [2.45, 2.75) is 21.5 Å². The third-order valence-electron chi connectivity index (χ3n) is 1.76. The lowest BCUT2D eigenvalue weighted by atomic mass is 10.1. The van der Waals surface area contributed by atoms with Crippen molar-refractivity contribution in [3.8, 4) is 0 Å². The standard InChI is InChI=1S/C10H10Br2Cl4/c1-10(16,4-5-11)8(14)3-2-7(6-13)9(12)15/h2-6,8-9H,1H3/b3-2+,5-4+,7-6-/t8-,9?,10-/m1/s1. The molecule has 0 heterocycles. The van der Waals surface area contributed by atoms with Gasteiger partial charge in [-0.1, -0.05) is 61.7 Å². The highest BCUT2D eigenvalue weighted by atomic mass is 79.9. The van der Waals surface area contributed by atoms with Crippen LogP contribution < -0.4 is 0 Å². The molecular weight excluding hydrogens is 422 g/mol. The first kappa shape index (κ1) is 17.3. The predicted molar refractivity (Wildman–Crippen MR) is 83.6 cm³/mol. The Kier molecular flexibility index (Phi) is 9.15. The van der Waals surface area contributed by atoms with Gasteiger partial charge in [0.1, 0.15) is 4.29 Å². The van der Waals surface area contributed by atoms with E-state index < -0.39 is 4.87 Å². The fraction of sp³-hybridized carbons (Fsp3) is 0.400. The summed E-state index contributed by atoms with van der Waals surface area (Å²) in [6, 6.07) is 0. The molecule has 0 radical (unpaired) electrons. The van der Waals surface area contributed by atoms with Crippen LogP contribution in [0.3, 0.4) is 0 Å². The Balaban J connectivity index is 4.67. The molecular formula is C10H10Br2Cl4. The quantitative estimate of drug-likeness (QED) is 0.362. The summed E-state index contributed by atoms with van der Waals surface area (Å²) in [4.78, 5) is 1.00. The highest BCUT2D eigenvalue weighted by Crippen LogP contribution is 2.28. The van der Waals surface area contributed by atoms with Gasteiger partial charge in [0, 0.05) is 5.54 Å². The highest BCUT2D eigenvalue weighted by Gasteiger charge is 2.25. The molecule has 0 saturated carbocycles. The largest absolute Gasteiger partial charge is 0.116 e. The summed E-state index contributed by atoms with van der Waals surface area (Å²) in [6.07, 6.45) is 5.24. The molecule has 0 bridgehead atoms. The lowest BCUT2D eigenvalue weighted by Gasteiger charge is -2.21. The fourth-order valence-corrected chi connectivity index (χ4v) is 2.57. The first-order valence-corrected chi connectivity index (χ1v) is 7.74. The summed E-state index contributed by atoms with van der Waals surface area (Å²) >= 11 is 30.1. The van der Waals surface area contributed by atoms with E-state index in [4.69, 9.17) is 46.4 Å². The third kappa shape index (κ3) is 6.32. The molecule has 0 aliphatic carbocycles. The average molecular weight is 432 g/mol. The second-order valence-corrected chi connectivity index (χ2v) is 7.03. The number of alkyl halides is 4. The summed E-state index contributed by atoms with van der Waals surface area (Å²) in [5, 5.41) is -0.377. The molecule has 0 rings (SSSR count). The Hall–Kier alpha value is 1.34. The van der Waals surface area contributed by atoms with E-state index in [0.717, 1.165) is 0 Å². The molecule has 1 unspecified atom stereocenters. The van der Waals surface area contributed by atoms with Gasteiger partial charge in [-0.2, -0.15) is 0 Å². The van der Waals surface area contributed by atoms with Crippen LogP contribution in [0.15, 0.2) is 34.3 Å². The lowest BCUT2D eigenvalue weighted by Crippen LogP contribution is -2.24. The lowest BCUT2D eigenvalue weighted by molar-refractivity contribution is 0.800. The molecule has 0 fully saturated rings. The van der Waals surface area contributed by atoms with Crippen molar-refractivity contribution in [1.29, 1.82) is 0 Å². The van der Waals surface area contributed by atoms with E-state index in [9.17, 15) is 0 Å². The van der Waals surface area contributed by atoms with Crippen molar-refractivity contribution in [3.63, 3.8) is 0 Å². The van der Waals surface area contributed by atoms with Crippen LogP contribution in [0, 0.1) is 0 Å². The first-order chi connectivity index (χ1) is 7.35. The molecule has 0 N–H and O–H groups in total. The Morgan fingerprint density at radius 2 is 1.94 bits per heavy atom. The molecule has 0 aliphatic rings. The number of allylic oxidation sites excluding steroid dienone is 4. The van der Waals surface area contributed by atoms with Crippen LogP contribution in [0.25, 0.3) is 0 Å². The van der Waals surface area contributed by atoms with E-state index in [1.807, 2.05) is 6.92 Å². The molecule has 0 aromatic carbocycles. The van der Waals surface area contributed by atoms with E-state index >= 15 is 0 Å². The maximum atomic E-state index is 6.20. The van der Waals surface area contributed by atoms with Gasteiger partial charge in [-0.25, -0.2) is 0 Å². The van der Waals surface area contributed by atoms with Gasteiger partial charge in [0.05, 0.1) is 10.3 Å². The zero-order valence-electron chi connectivity index (χ0n) is 8.31.